The van der Waals surface area contributed by atoms with Crippen LogP contribution in [0.25, 0.3) is 0 Å². The van der Waals surface area contributed by atoms with Crippen molar-refractivity contribution in [3.63, 3.8) is 0 Å². The van der Waals surface area contributed by atoms with Gasteiger partial charge in [-0.2, -0.15) is 0 Å². The zero-order chi connectivity index (χ0) is 21.9. The number of amides is 1. The molecule has 5 heteroatoms. The van der Waals surface area contributed by atoms with Crippen molar-refractivity contribution in [1.82, 2.24) is 4.90 Å². The number of carboxylic acids is 1. The first-order valence-corrected chi connectivity index (χ1v) is 11.5. The third-order valence-corrected chi connectivity index (χ3v) is 6.07. The van der Waals surface area contributed by atoms with Crippen LogP contribution < -0.4 is 4.90 Å². The summed E-state index contributed by atoms with van der Waals surface area (Å²) >= 11 is 0. The molecule has 1 aliphatic heterocycles. The number of carbonyl (C=O) groups is 2. The zero-order valence-electron chi connectivity index (χ0n) is 18.3. The predicted octanol–water partition coefficient (Wildman–Crippen LogP) is 4.76. The number of carboxylic acid groups (broad SMARTS) is 1. The van der Waals surface area contributed by atoms with Crippen molar-refractivity contribution < 1.29 is 14.7 Å². The SMILES string of the molecule is O=C(O)CCCCCC(=O)N(c1ccccc1)C1CCN(CCc2ccccc2)CC1. The summed E-state index contributed by atoms with van der Waals surface area (Å²) < 4.78 is 0. The molecule has 2 aromatic carbocycles. The first-order chi connectivity index (χ1) is 15.1. The minimum absolute atomic E-state index is 0.157. The maximum atomic E-state index is 13.1. The number of para-hydroxylation sites is 1. The molecule has 31 heavy (non-hydrogen) atoms. The highest BCUT2D eigenvalue weighted by atomic mass is 16.4. The van der Waals surface area contributed by atoms with Gasteiger partial charge in [-0.05, 0) is 49.8 Å². The highest BCUT2D eigenvalue weighted by Crippen LogP contribution is 2.25. The summed E-state index contributed by atoms with van der Waals surface area (Å²) in [6.07, 6.45) is 5.82. The molecule has 1 N–H and O–H groups in total. The van der Waals surface area contributed by atoms with Gasteiger partial charge in [-0.25, -0.2) is 0 Å². The molecule has 1 saturated heterocycles. The van der Waals surface area contributed by atoms with E-state index in [1.165, 1.54) is 5.56 Å². The Morgan fingerprint density at radius 2 is 1.48 bits per heavy atom. The molecule has 3 rings (SSSR count). The van der Waals surface area contributed by atoms with Gasteiger partial charge in [0.05, 0.1) is 0 Å². The van der Waals surface area contributed by atoms with E-state index < -0.39 is 5.97 Å². The second-order valence-electron chi connectivity index (χ2n) is 8.36. The molecule has 1 fully saturated rings. The minimum Gasteiger partial charge on any atom is -0.481 e. The van der Waals surface area contributed by atoms with E-state index in [1.807, 2.05) is 35.2 Å². The number of aliphatic carboxylic acids is 1. The van der Waals surface area contributed by atoms with Crippen LogP contribution in [0.1, 0.15) is 50.5 Å². The third-order valence-electron chi connectivity index (χ3n) is 6.07. The van der Waals surface area contributed by atoms with E-state index in [4.69, 9.17) is 5.11 Å². The fourth-order valence-electron chi connectivity index (χ4n) is 4.33. The summed E-state index contributed by atoms with van der Waals surface area (Å²) in [6, 6.07) is 20.8. The third kappa shape index (κ3) is 7.51. The van der Waals surface area contributed by atoms with Gasteiger partial charge < -0.3 is 14.9 Å². The Kier molecular flexibility index (Phi) is 9.10. The van der Waals surface area contributed by atoms with E-state index in [0.717, 1.165) is 57.4 Å². The molecule has 1 heterocycles. The first-order valence-electron chi connectivity index (χ1n) is 11.5. The summed E-state index contributed by atoms with van der Waals surface area (Å²) in [6.45, 7) is 3.07. The van der Waals surface area contributed by atoms with Crippen LogP contribution in [0.3, 0.4) is 0 Å². The van der Waals surface area contributed by atoms with E-state index in [1.54, 1.807) is 0 Å². The van der Waals surface area contributed by atoms with Gasteiger partial charge in [-0.15, -0.1) is 0 Å². The number of nitrogens with zero attached hydrogens (tertiary/aromatic N) is 2. The van der Waals surface area contributed by atoms with Gasteiger partial charge in [-0.3, -0.25) is 9.59 Å². The standard InChI is InChI=1S/C26H34N2O3/c29-25(14-8-3-9-15-26(30)31)28(23-12-6-2-7-13-23)24-17-20-27(21-18-24)19-16-22-10-4-1-5-11-22/h1-2,4-7,10-13,24H,3,8-9,14-21H2,(H,30,31). The Labute approximate surface area is 185 Å². The van der Waals surface area contributed by atoms with Crippen LogP contribution in [0.5, 0.6) is 0 Å². The first kappa shape index (κ1) is 23.0. The Hall–Kier alpha value is -2.66. The number of likely N-dealkylation sites (tertiary alicyclic amines) is 1. The maximum absolute atomic E-state index is 13.1. The van der Waals surface area contributed by atoms with Crippen molar-refractivity contribution in [2.45, 2.75) is 57.4 Å². The number of benzene rings is 2. The van der Waals surface area contributed by atoms with Crippen LogP contribution in [0.15, 0.2) is 60.7 Å². The van der Waals surface area contributed by atoms with Crippen LogP contribution in [0, 0.1) is 0 Å². The summed E-state index contributed by atoms with van der Waals surface area (Å²) in [5.74, 6) is -0.611. The van der Waals surface area contributed by atoms with Gasteiger partial charge in [0.2, 0.25) is 5.91 Å². The molecule has 0 radical (unpaired) electrons. The van der Waals surface area contributed by atoms with Crippen molar-refractivity contribution in [2.24, 2.45) is 0 Å². The van der Waals surface area contributed by atoms with Gasteiger partial charge in [0, 0.05) is 44.2 Å². The molecular formula is C26H34N2O3. The maximum Gasteiger partial charge on any atom is 0.303 e. The smallest absolute Gasteiger partial charge is 0.303 e. The van der Waals surface area contributed by atoms with Gasteiger partial charge in [-0.1, -0.05) is 55.0 Å². The van der Waals surface area contributed by atoms with Crippen molar-refractivity contribution in [3.05, 3.63) is 66.2 Å². The van der Waals surface area contributed by atoms with Crippen LogP contribution in [0.2, 0.25) is 0 Å². The van der Waals surface area contributed by atoms with E-state index in [2.05, 4.69) is 35.2 Å². The lowest BCUT2D eigenvalue weighted by Crippen LogP contribution is -2.48. The predicted molar refractivity (Wildman–Crippen MR) is 124 cm³/mol. The van der Waals surface area contributed by atoms with E-state index >= 15 is 0 Å². The van der Waals surface area contributed by atoms with Crippen molar-refractivity contribution >= 4 is 17.6 Å². The molecule has 0 spiro atoms. The van der Waals surface area contributed by atoms with Crippen molar-refractivity contribution in [3.8, 4) is 0 Å². The molecule has 1 aliphatic rings. The molecule has 0 atom stereocenters. The van der Waals surface area contributed by atoms with E-state index in [-0.39, 0.29) is 18.4 Å². The molecule has 0 saturated carbocycles. The molecule has 0 bridgehead atoms. The summed E-state index contributed by atoms with van der Waals surface area (Å²) in [4.78, 5) is 28.3. The monoisotopic (exact) mass is 422 g/mol. The average molecular weight is 423 g/mol. The normalized spacial score (nSPS) is 15.0. The number of carbonyl (C=O) groups excluding carboxylic acids is 1. The number of anilines is 1. The Morgan fingerprint density at radius 3 is 2.13 bits per heavy atom. The largest absolute Gasteiger partial charge is 0.481 e. The molecule has 166 valence electrons. The van der Waals surface area contributed by atoms with Crippen LogP contribution in [-0.4, -0.2) is 47.6 Å². The fourth-order valence-corrected chi connectivity index (χ4v) is 4.33. The number of hydrogen-bond donors (Lipinski definition) is 1. The summed E-state index contributed by atoms with van der Waals surface area (Å²) in [5.41, 5.74) is 2.34. The lowest BCUT2D eigenvalue weighted by Gasteiger charge is -2.38. The van der Waals surface area contributed by atoms with Crippen molar-refractivity contribution in [2.75, 3.05) is 24.5 Å². The summed E-state index contributed by atoms with van der Waals surface area (Å²) in [5, 5.41) is 8.77. The molecule has 2 aromatic rings. The molecule has 0 aromatic heterocycles. The quantitative estimate of drug-likeness (QED) is 0.530. The molecule has 0 unspecified atom stereocenters. The van der Waals surface area contributed by atoms with Crippen molar-refractivity contribution in [1.29, 1.82) is 0 Å². The van der Waals surface area contributed by atoms with Gasteiger partial charge >= 0.3 is 5.97 Å². The highest BCUT2D eigenvalue weighted by molar-refractivity contribution is 5.93. The van der Waals surface area contributed by atoms with Crippen LogP contribution >= 0.6 is 0 Å². The minimum atomic E-state index is -0.767. The Balaban J connectivity index is 1.52. The van der Waals surface area contributed by atoms with Gasteiger partial charge in [0.25, 0.3) is 0 Å². The van der Waals surface area contributed by atoms with E-state index in [0.29, 0.717) is 12.8 Å². The lowest BCUT2D eigenvalue weighted by atomic mass is 10.0. The Bertz CT molecular complexity index is 802. The zero-order valence-corrected chi connectivity index (χ0v) is 18.3. The number of piperidine rings is 1. The number of hydrogen-bond acceptors (Lipinski definition) is 3. The fraction of sp³-hybridized carbons (Fsp3) is 0.462. The average Bonchev–Trinajstić information content (AvgIpc) is 2.80. The number of rotatable bonds is 11. The van der Waals surface area contributed by atoms with E-state index in [9.17, 15) is 9.59 Å². The molecular weight excluding hydrogens is 388 g/mol. The highest BCUT2D eigenvalue weighted by Gasteiger charge is 2.28. The number of unbranched alkanes of at least 4 members (excludes halogenated alkanes) is 2. The van der Waals surface area contributed by atoms with Gasteiger partial charge in [0.15, 0.2) is 0 Å². The van der Waals surface area contributed by atoms with Crippen LogP contribution in [0.4, 0.5) is 5.69 Å². The second-order valence-corrected chi connectivity index (χ2v) is 8.36. The summed E-state index contributed by atoms with van der Waals surface area (Å²) in [7, 11) is 0. The molecule has 0 aliphatic carbocycles. The van der Waals surface area contributed by atoms with Gasteiger partial charge in [0.1, 0.15) is 0 Å². The van der Waals surface area contributed by atoms with Crippen LogP contribution in [-0.2, 0) is 16.0 Å². The molecule has 5 nitrogen and oxygen atoms in total. The lowest BCUT2D eigenvalue weighted by molar-refractivity contribution is -0.137. The topological polar surface area (TPSA) is 60.9 Å². The molecule has 1 amide bonds. The Morgan fingerprint density at radius 1 is 0.871 bits per heavy atom. The second kappa shape index (κ2) is 12.3.